The molecule has 2 aliphatic carbocycles. The van der Waals surface area contributed by atoms with Gasteiger partial charge in [-0.05, 0) is 31.1 Å². The fraction of sp³-hybridized carbons (Fsp3) is 0.833. The third-order valence-corrected chi connectivity index (χ3v) is 6.20. The first-order chi connectivity index (χ1) is 9.69. The highest BCUT2D eigenvalue weighted by molar-refractivity contribution is 7.87. The molecule has 3 fully saturated rings. The summed E-state index contributed by atoms with van der Waals surface area (Å²) in [5.74, 6) is -2.76. The Kier molecular flexibility index (Phi) is 3.14. The van der Waals surface area contributed by atoms with Crippen molar-refractivity contribution in [1.29, 1.82) is 0 Å². The standard InChI is InChI=1S/C12H15F2NO5S/c1-2-12(13,14)21(18,19)20-15-10(16)8-6-3-4-7(5-6)9(8)11(15)17/h6-9H,2-5H2,1H3. The number of hydroxylamine groups is 2. The minimum absolute atomic E-state index is 0.0273. The number of alkyl halides is 2. The average Bonchev–Trinajstić information content (AvgIpc) is 3.08. The first-order valence-corrected chi connectivity index (χ1v) is 8.30. The molecule has 0 spiro atoms. The Bertz CT molecular complexity index is 577. The van der Waals surface area contributed by atoms with Crippen LogP contribution in [0.2, 0.25) is 0 Å². The maximum Gasteiger partial charge on any atom is 0.371 e. The molecule has 2 amide bonds. The van der Waals surface area contributed by atoms with Crippen LogP contribution < -0.4 is 0 Å². The van der Waals surface area contributed by atoms with Gasteiger partial charge in [0.2, 0.25) is 0 Å². The van der Waals surface area contributed by atoms with Crippen molar-refractivity contribution in [2.75, 3.05) is 0 Å². The molecule has 6 nitrogen and oxygen atoms in total. The van der Waals surface area contributed by atoms with Gasteiger partial charge in [0.1, 0.15) is 0 Å². The van der Waals surface area contributed by atoms with E-state index >= 15 is 0 Å². The Morgan fingerprint density at radius 3 is 2.10 bits per heavy atom. The average molecular weight is 323 g/mol. The number of rotatable bonds is 4. The van der Waals surface area contributed by atoms with Crippen molar-refractivity contribution >= 4 is 21.9 Å². The van der Waals surface area contributed by atoms with E-state index in [1.165, 1.54) is 0 Å². The lowest BCUT2D eigenvalue weighted by Gasteiger charge is -2.19. The molecule has 0 radical (unpaired) electrons. The summed E-state index contributed by atoms with van der Waals surface area (Å²) in [6, 6.07) is 0. The number of carbonyl (C=O) groups is 2. The van der Waals surface area contributed by atoms with Gasteiger partial charge in [0.15, 0.2) is 0 Å². The summed E-state index contributed by atoms with van der Waals surface area (Å²) >= 11 is 0. The maximum absolute atomic E-state index is 13.3. The van der Waals surface area contributed by atoms with Crippen LogP contribution in [-0.2, 0) is 24.0 Å². The maximum atomic E-state index is 13.3. The van der Waals surface area contributed by atoms with Crippen LogP contribution in [0, 0.1) is 23.7 Å². The van der Waals surface area contributed by atoms with E-state index in [0.29, 0.717) is 0 Å². The van der Waals surface area contributed by atoms with Crippen molar-refractivity contribution in [3.8, 4) is 0 Å². The zero-order valence-electron chi connectivity index (χ0n) is 11.3. The lowest BCUT2D eigenvalue weighted by atomic mass is 9.81. The van der Waals surface area contributed by atoms with Gasteiger partial charge in [-0.15, -0.1) is 9.35 Å². The van der Waals surface area contributed by atoms with Crippen molar-refractivity contribution < 1.29 is 31.1 Å². The highest BCUT2D eigenvalue weighted by Gasteiger charge is 2.63. The number of amides is 2. The van der Waals surface area contributed by atoms with Gasteiger partial charge in [-0.25, -0.2) is 0 Å². The Balaban J connectivity index is 1.85. The highest BCUT2D eigenvalue weighted by atomic mass is 32.2. The zero-order chi connectivity index (χ0) is 15.6. The summed E-state index contributed by atoms with van der Waals surface area (Å²) in [6.07, 6.45) is 1.37. The fourth-order valence-electron chi connectivity index (χ4n) is 3.78. The summed E-state index contributed by atoms with van der Waals surface area (Å²) in [6.45, 7) is 0.976. The van der Waals surface area contributed by atoms with E-state index in [9.17, 15) is 26.8 Å². The van der Waals surface area contributed by atoms with Crippen molar-refractivity contribution in [3.05, 3.63) is 0 Å². The molecule has 9 heteroatoms. The molecule has 0 aromatic rings. The van der Waals surface area contributed by atoms with Crippen LogP contribution in [0.15, 0.2) is 0 Å². The summed E-state index contributed by atoms with van der Waals surface area (Å²) in [5.41, 5.74) is 0. The van der Waals surface area contributed by atoms with Crippen LogP contribution in [-0.4, -0.2) is 30.5 Å². The summed E-state index contributed by atoms with van der Waals surface area (Å²) < 4.78 is 53.9. The van der Waals surface area contributed by atoms with E-state index in [-0.39, 0.29) is 16.9 Å². The first kappa shape index (κ1) is 14.8. The number of imide groups is 1. The van der Waals surface area contributed by atoms with E-state index in [0.717, 1.165) is 26.2 Å². The SMILES string of the molecule is CCC(F)(F)S(=O)(=O)ON1C(=O)C2C3CCC(C3)C2C1=O. The van der Waals surface area contributed by atoms with Gasteiger partial charge in [-0.2, -0.15) is 17.2 Å². The number of hydrogen-bond acceptors (Lipinski definition) is 5. The molecule has 118 valence electrons. The third kappa shape index (κ3) is 1.93. The number of carbonyl (C=O) groups excluding carboxylic acids is 2. The van der Waals surface area contributed by atoms with E-state index in [2.05, 4.69) is 4.28 Å². The van der Waals surface area contributed by atoms with Gasteiger partial charge in [-0.1, -0.05) is 6.92 Å². The van der Waals surface area contributed by atoms with Crippen molar-refractivity contribution in [2.24, 2.45) is 23.7 Å². The van der Waals surface area contributed by atoms with Gasteiger partial charge < -0.3 is 0 Å². The van der Waals surface area contributed by atoms with Crippen LogP contribution in [0.3, 0.4) is 0 Å². The van der Waals surface area contributed by atoms with Crippen LogP contribution >= 0.6 is 0 Å². The topological polar surface area (TPSA) is 80.8 Å². The van der Waals surface area contributed by atoms with E-state index in [1.807, 2.05) is 0 Å². The molecule has 0 aromatic carbocycles. The Labute approximate surface area is 120 Å². The highest BCUT2D eigenvalue weighted by Crippen LogP contribution is 2.56. The molecule has 2 bridgehead atoms. The van der Waals surface area contributed by atoms with Crippen LogP contribution in [0.4, 0.5) is 8.78 Å². The molecular formula is C12H15F2NO5S. The molecule has 3 aliphatic rings. The second kappa shape index (κ2) is 4.45. The number of hydrogen-bond donors (Lipinski definition) is 0. The van der Waals surface area contributed by atoms with E-state index in [1.54, 1.807) is 0 Å². The van der Waals surface area contributed by atoms with Crippen LogP contribution in [0.1, 0.15) is 32.6 Å². The van der Waals surface area contributed by atoms with Crippen LogP contribution in [0.25, 0.3) is 0 Å². The monoisotopic (exact) mass is 323 g/mol. The molecule has 3 rings (SSSR count). The molecule has 4 unspecified atom stereocenters. The lowest BCUT2D eigenvalue weighted by molar-refractivity contribution is -0.167. The molecule has 21 heavy (non-hydrogen) atoms. The minimum Gasteiger partial charge on any atom is -0.272 e. The fourth-order valence-corrected chi connectivity index (χ4v) is 4.59. The summed E-state index contributed by atoms with van der Waals surface area (Å²) in [4.78, 5) is 24.3. The predicted octanol–water partition coefficient (Wildman–Crippen LogP) is 1.28. The Hall–Kier alpha value is -1.09. The molecule has 0 aromatic heterocycles. The molecule has 1 aliphatic heterocycles. The summed E-state index contributed by atoms with van der Waals surface area (Å²) in [7, 11) is -5.35. The van der Waals surface area contributed by atoms with Gasteiger partial charge in [0, 0.05) is 6.42 Å². The van der Waals surface area contributed by atoms with Gasteiger partial charge in [-0.3, -0.25) is 9.59 Å². The normalized spacial score (nSPS) is 35.7. The van der Waals surface area contributed by atoms with Crippen molar-refractivity contribution in [2.45, 2.75) is 37.9 Å². The Morgan fingerprint density at radius 2 is 1.67 bits per heavy atom. The van der Waals surface area contributed by atoms with Crippen molar-refractivity contribution in [3.63, 3.8) is 0 Å². The lowest BCUT2D eigenvalue weighted by Crippen LogP contribution is -2.40. The summed E-state index contributed by atoms with van der Waals surface area (Å²) in [5, 5.41) is -4.08. The van der Waals surface area contributed by atoms with Gasteiger partial charge in [0.25, 0.3) is 11.8 Å². The molecule has 1 heterocycles. The van der Waals surface area contributed by atoms with Crippen LogP contribution in [0.5, 0.6) is 0 Å². The number of nitrogens with zero attached hydrogens (tertiary/aromatic N) is 1. The molecule has 2 saturated carbocycles. The van der Waals surface area contributed by atoms with Gasteiger partial charge in [0.05, 0.1) is 11.8 Å². The second-order valence-corrected chi connectivity index (χ2v) is 7.53. The second-order valence-electron chi connectivity index (χ2n) is 5.88. The number of fused-ring (bicyclic) bond motifs is 5. The Morgan fingerprint density at radius 1 is 1.19 bits per heavy atom. The quantitative estimate of drug-likeness (QED) is 0.728. The number of halogens is 2. The minimum atomic E-state index is -5.35. The van der Waals surface area contributed by atoms with E-state index in [4.69, 9.17) is 0 Å². The first-order valence-electron chi connectivity index (χ1n) is 6.89. The van der Waals surface area contributed by atoms with Crippen molar-refractivity contribution in [1.82, 2.24) is 5.06 Å². The molecule has 4 atom stereocenters. The third-order valence-electron chi connectivity index (χ3n) is 4.84. The molecular weight excluding hydrogens is 308 g/mol. The predicted molar refractivity (Wildman–Crippen MR) is 64.9 cm³/mol. The largest absolute Gasteiger partial charge is 0.371 e. The van der Waals surface area contributed by atoms with E-state index < -0.39 is 45.4 Å². The smallest absolute Gasteiger partial charge is 0.272 e. The van der Waals surface area contributed by atoms with Gasteiger partial charge >= 0.3 is 15.4 Å². The molecule has 1 saturated heterocycles. The molecule has 0 N–H and O–H groups in total. The zero-order valence-corrected chi connectivity index (χ0v) is 12.1.